The lowest BCUT2D eigenvalue weighted by Gasteiger charge is -2.08. The summed E-state index contributed by atoms with van der Waals surface area (Å²) in [6.45, 7) is 0. The van der Waals surface area contributed by atoms with Crippen molar-refractivity contribution in [3.05, 3.63) is 69.8 Å². The highest BCUT2D eigenvalue weighted by Gasteiger charge is 2.12. The Balaban J connectivity index is 2.22. The summed E-state index contributed by atoms with van der Waals surface area (Å²) in [5.41, 5.74) is 6.49. The summed E-state index contributed by atoms with van der Waals surface area (Å²) in [6, 6.07) is 13.9. The van der Waals surface area contributed by atoms with Gasteiger partial charge in [0.05, 0.1) is 7.11 Å². The fourth-order valence-electron chi connectivity index (χ4n) is 1.86. The van der Waals surface area contributed by atoms with E-state index in [1.807, 2.05) is 0 Å². The summed E-state index contributed by atoms with van der Waals surface area (Å²) in [5.74, 6) is -0.435. The third kappa shape index (κ3) is 4.69. The number of nitrogens with two attached hydrogens (primary N) is 1. The van der Waals surface area contributed by atoms with Crippen LogP contribution >= 0.6 is 15.9 Å². The minimum atomic E-state index is -0.718. The van der Waals surface area contributed by atoms with Gasteiger partial charge in [-0.05, 0) is 42.0 Å². The van der Waals surface area contributed by atoms with Crippen LogP contribution in [0.4, 0.5) is 0 Å². The number of hydrogen-bond acceptors (Lipinski definition) is 3. The zero-order chi connectivity index (χ0) is 16.8. The Morgan fingerprint density at radius 2 is 1.87 bits per heavy atom. The first kappa shape index (κ1) is 16.8. The Hall–Kier alpha value is -2.60. The average molecular weight is 375 g/mol. The molecule has 0 spiro atoms. The van der Waals surface area contributed by atoms with E-state index in [1.165, 1.54) is 6.08 Å². The largest absolute Gasteiger partial charge is 0.497 e. The molecule has 118 valence electrons. The predicted octanol–water partition coefficient (Wildman–Crippen LogP) is 2.71. The Labute approximate surface area is 142 Å². The SMILES string of the molecule is COc1ccc(C=C(NC(=O)c2cccc(Br)c2)C(N)=O)cc1. The molecule has 2 rings (SSSR count). The molecule has 0 unspecified atom stereocenters. The number of rotatable bonds is 5. The summed E-state index contributed by atoms with van der Waals surface area (Å²) >= 11 is 3.29. The number of nitrogens with one attached hydrogen (secondary N) is 1. The van der Waals surface area contributed by atoms with Crippen LogP contribution in [-0.4, -0.2) is 18.9 Å². The summed E-state index contributed by atoms with van der Waals surface area (Å²) in [4.78, 5) is 23.8. The first-order valence-corrected chi connectivity index (χ1v) is 7.51. The van der Waals surface area contributed by atoms with Crippen LogP contribution in [0.1, 0.15) is 15.9 Å². The van der Waals surface area contributed by atoms with Crippen LogP contribution in [0.2, 0.25) is 0 Å². The van der Waals surface area contributed by atoms with Crippen LogP contribution in [0.3, 0.4) is 0 Å². The summed E-state index contributed by atoms with van der Waals surface area (Å²) in [6.07, 6.45) is 1.51. The number of carbonyl (C=O) groups is 2. The Morgan fingerprint density at radius 3 is 2.43 bits per heavy atom. The van der Waals surface area contributed by atoms with Crippen molar-refractivity contribution in [2.24, 2.45) is 5.73 Å². The Kier molecular flexibility index (Phi) is 5.54. The van der Waals surface area contributed by atoms with E-state index < -0.39 is 11.8 Å². The van der Waals surface area contributed by atoms with Crippen LogP contribution in [0.15, 0.2) is 58.7 Å². The monoisotopic (exact) mass is 374 g/mol. The molecule has 0 aliphatic heterocycles. The molecule has 0 aliphatic rings. The van der Waals surface area contributed by atoms with Crippen LogP contribution < -0.4 is 15.8 Å². The second kappa shape index (κ2) is 7.60. The van der Waals surface area contributed by atoms with Gasteiger partial charge in [0.2, 0.25) is 0 Å². The lowest BCUT2D eigenvalue weighted by atomic mass is 10.1. The van der Waals surface area contributed by atoms with Gasteiger partial charge < -0.3 is 15.8 Å². The maximum atomic E-state index is 12.2. The number of primary amides is 1. The molecule has 0 atom stereocenters. The number of carbonyl (C=O) groups excluding carboxylic acids is 2. The topological polar surface area (TPSA) is 81.4 Å². The van der Waals surface area contributed by atoms with Crippen molar-refractivity contribution in [2.75, 3.05) is 7.11 Å². The fraction of sp³-hybridized carbons (Fsp3) is 0.0588. The average Bonchev–Trinajstić information content (AvgIpc) is 2.54. The third-order valence-electron chi connectivity index (χ3n) is 3.03. The molecule has 5 nitrogen and oxygen atoms in total. The molecule has 0 radical (unpaired) electrons. The summed E-state index contributed by atoms with van der Waals surface area (Å²) in [5, 5.41) is 2.53. The van der Waals surface area contributed by atoms with Gasteiger partial charge in [0.25, 0.3) is 11.8 Å². The van der Waals surface area contributed by atoms with E-state index >= 15 is 0 Å². The van der Waals surface area contributed by atoms with Gasteiger partial charge in [0.15, 0.2) is 0 Å². The van der Waals surface area contributed by atoms with E-state index in [-0.39, 0.29) is 5.70 Å². The second-order valence-corrected chi connectivity index (χ2v) is 5.58. The lowest BCUT2D eigenvalue weighted by Crippen LogP contribution is -2.31. The zero-order valence-electron chi connectivity index (χ0n) is 12.4. The summed E-state index contributed by atoms with van der Waals surface area (Å²) in [7, 11) is 1.57. The molecule has 6 heteroatoms. The number of ether oxygens (including phenoxy) is 1. The number of halogens is 1. The smallest absolute Gasteiger partial charge is 0.265 e. The molecule has 0 saturated heterocycles. The first-order chi connectivity index (χ1) is 11.0. The number of benzene rings is 2. The Bertz CT molecular complexity index is 755. The highest BCUT2D eigenvalue weighted by molar-refractivity contribution is 9.10. The highest BCUT2D eigenvalue weighted by Crippen LogP contribution is 2.14. The van der Waals surface area contributed by atoms with Crippen LogP contribution in [0.25, 0.3) is 6.08 Å². The Morgan fingerprint density at radius 1 is 1.17 bits per heavy atom. The lowest BCUT2D eigenvalue weighted by molar-refractivity contribution is -0.114. The molecule has 0 aliphatic carbocycles. The van der Waals surface area contributed by atoms with Crippen molar-refractivity contribution >= 4 is 33.8 Å². The van der Waals surface area contributed by atoms with E-state index in [9.17, 15) is 9.59 Å². The number of hydrogen-bond donors (Lipinski definition) is 2. The number of amides is 2. The van der Waals surface area contributed by atoms with Gasteiger partial charge in [0.1, 0.15) is 11.4 Å². The fourth-order valence-corrected chi connectivity index (χ4v) is 2.26. The van der Waals surface area contributed by atoms with E-state index in [1.54, 1.807) is 55.6 Å². The van der Waals surface area contributed by atoms with Crippen LogP contribution in [-0.2, 0) is 4.79 Å². The molecule has 0 saturated carbocycles. The summed E-state index contributed by atoms with van der Waals surface area (Å²) < 4.78 is 5.84. The molecule has 0 aromatic heterocycles. The van der Waals surface area contributed by atoms with Gasteiger partial charge in [-0.3, -0.25) is 9.59 Å². The van der Waals surface area contributed by atoms with Gasteiger partial charge in [-0.2, -0.15) is 0 Å². The van der Waals surface area contributed by atoms with E-state index in [4.69, 9.17) is 10.5 Å². The van der Waals surface area contributed by atoms with Crippen molar-refractivity contribution in [3.8, 4) is 5.75 Å². The molecule has 0 fully saturated rings. The van der Waals surface area contributed by atoms with Crippen molar-refractivity contribution in [3.63, 3.8) is 0 Å². The quantitative estimate of drug-likeness (QED) is 0.789. The van der Waals surface area contributed by atoms with Crippen molar-refractivity contribution in [1.82, 2.24) is 5.32 Å². The molecule has 0 bridgehead atoms. The number of methoxy groups -OCH3 is 1. The zero-order valence-corrected chi connectivity index (χ0v) is 14.0. The third-order valence-corrected chi connectivity index (χ3v) is 3.52. The van der Waals surface area contributed by atoms with Gasteiger partial charge in [-0.1, -0.05) is 34.1 Å². The molecule has 3 N–H and O–H groups in total. The highest BCUT2D eigenvalue weighted by atomic mass is 79.9. The van der Waals surface area contributed by atoms with Crippen LogP contribution in [0.5, 0.6) is 5.75 Å². The van der Waals surface area contributed by atoms with E-state index in [0.29, 0.717) is 16.9 Å². The molecule has 0 heterocycles. The minimum absolute atomic E-state index is 0.0140. The molecular formula is C17H15BrN2O3. The molecule has 23 heavy (non-hydrogen) atoms. The first-order valence-electron chi connectivity index (χ1n) is 6.72. The van der Waals surface area contributed by atoms with Gasteiger partial charge in [-0.15, -0.1) is 0 Å². The van der Waals surface area contributed by atoms with Gasteiger partial charge in [0, 0.05) is 10.0 Å². The van der Waals surface area contributed by atoms with Crippen molar-refractivity contribution in [2.45, 2.75) is 0 Å². The van der Waals surface area contributed by atoms with Gasteiger partial charge in [-0.25, -0.2) is 0 Å². The molecule has 2 aromatic rings. The molecule has 2 amide bonds. The van der Waals surface area contributed by atoms with E-state index in [2.05, 4.69) is 21.2 Å². The molecular weight excluding hydrogens is 360 g/mol. The van der Waals surface area contributed by atoms with Crippen LogP contribution in [0, 0.1) is 0 Å². The van der Waals surface area contributed by atoms with Gasteiger partial charge >= 0.3 is 0 Å². The molecule has 2 aromatic carbocycles. The van der Waals surface area contributed by atoms with Crippen molar-refractivity contribution < 1.29 is 14.3 Å². The minimum Gasteiger partial charge on any atom is -0.497 e. The normalized spacial score (nSPS) is 11.0. The predicted molar refractivity (Wildman–Crippen MR) is 91.8 cm³/mol. The maximum Gasteiger partial charge on any atom is 0.265 e. The maximum absolute atomic E-state index is 12.2. The van der Waals surface area contributed by atoms with Crippen molar-refractivity contribution in [1.29, 1.82) is 0 Å². The van der Waals surface area contributed by atoms with E-state index in [0.717, 1.165) is 4.47 Å². The standard InChI is InChI=1S/C17H15BrN2O3/c1-23-14-7-5-11(6-8-14)9-15(16(19)21)20-17(22)12-3-2-4-13(18)10-12/h2-10H,1H3,(H2,19,21)(H,20,22). The second-order valence-electron chi connectivity index (χ2n) is 4.66.